The van der Waals surface area contributed by atoms with Crippen molar-refractivity contribution in [3.63, 3.8) is 0 Å². The second-order valence-corrected chi connectivity index (χ2v) is 5.66. The van der Waals surface area contributed by atoms with Gasteiger partial charge >= 0.3 is 0 Å². The molecular formula is C16H23NO2. The number of aromatic nitrogens is 1. The third-order valence-electron chi connectivity index (χ3n) is 3.54. The van der Waals surface area contributed by atoms with E-state index >= 15 is 0 Å². The average Bonchev–Trinajstić information content (AvgIpc) is 2.78. The summed E-state index contributed by atoms with van der Waals surface area (Å²) in [7, 11) is 0. The molecule has 0 fully saturated rings. The summed E-state index contributed by atoms with van der Waals surface area (Å²) in [6, 6.07) is 8.15. The molecule has 0 spiro atoms. The van der Waals surface area contributed by atoms with E-state index < -0.39 is 12.2 Å². The molecule has 0 aliphatic carbocycles. The molecule has 0 bridgehead atoms. The highest BCUT2D eigenvalue weighted by Crippen LogP contribution is 2.20. The Morgan fingerprint density at radius 1 is 1.11 bits per heavy atom. The molecule has 2 unspecified atom stereocenters. The molecule has 2 aromatic rings. The van der Waals surface area contributed by atoms with Crippen LogP contribution in [-0.2, 0) is 6.42 Å². The quantitative estimate of drug-likeness (QED) is 0.749. The van der Waals surface area contributed by atoms with Gasteiger partial charge in [-0.1, -0.05) is 32.0 Å². The van der Waals surface area contributed by atoms with E-state index in [4.69, 9.17) is 0 Å². The van der Waals surface area contributed by atoms with Gasteiger partial charge in [-0.2, -0.15) is 0 Å². The van der Waals surface area contributed by atoms with E-state index in [1.54, 1.807) is 0 Å². The van der Waals surface area contributed by atoms with E-state index in [1.807, 2.05) is 24.4 Å². The molecule has 3 N–H and O–H groups in total. The number of benzene rings is 1. The van der Waals surface area contributed by atoms with Crippen LogP contribution in [0.25, 0.3) is 10.9 Å². The normalized spacial score (nSPS) is 15.0. The number of aliphatic hydroxyl groups is 2. The van der Waals surface area contributed by atoms with Crippen LogP contribution in [0.1, 0.15) is 32.3 Å². The standard InChI is InChI=1S/C16H23NO2/c1-11(2)9-16(19)15(18)8-7-12-10-17-14-6-4-3-5-13(12)14/h3-6,10-11,15-19H,7-9H2,1-2H3. The number of aromatic amines is 1. The van der Waals surface area contributed by atoms with E-state index in [0.717, 1.165) is 11.9 Å². The van der Waals surface area contributed by atoms with Gasteiger partial charge in [-0.25, -0.2) is 0 Å². The summed E-state index contributed by atoms with van der Waals surface area (Å²) in [6.45, 7) is 4.10. The monoisotopic (exact) mass is 261 g/mol. The molecule has 0 saturated heterocycles. The van der Waals surface area contributed by atoms with Crippen molar-refractivity contribution in [1.29, 1.82) is 0 Å². The minimum Gasteiger partial charge on any atom is -0.390 e. The molecule has 1 aromatic heterocycles. The molecule has 1 heterocycles. The minimum absolute atomic E-state index is 0.401. The highest BCUT2D eigenvalue weighted by atomic mass is 16.3. The van der Waals surface area contributed by atoms with E-state index in [-0.39, 0.29) is 0 Å². The van der Waals surface area contributed by atoms with E-state index in [9.17, 15) is 10.2 Å². The molecule has 2 rings (SSSR count). The molecule has 3 heteroatoms. The first-order chi connectivity index (χ1) is 9.08. The van der Waals surface area contributed by atoms with Gasteiger partial charge in [0, 0.05) is 17.1 Å². The van der Waals surface area contributed by atoms with Crippen molar-refractivity contribution in [1.82, 2.24) is 4.98 Å². The van der Waals surface area contributed by atoms with Crippen LogP contribution < -0.4 is 0 Å². The van der Waals surface area contributed by atoms with Gasteiger partial charge in [0.05, 0.1) is 12.2 Å². The van der Waals surface area contributed by atoms with Gasteiger partial charge in [0.1, 0.15) is 0 Å². The van der Waals surface area contributed by atoms with Gasteiger partial charge in [-0.15, -0.1) is 0 Å². The smallest absolute Gasteiger partial charge is 0.0802 e. The van der Waals surface area contributed by atoms with E-state index in [1.165, 1.54) is 10.9 Å². The maximum atomic E-state index is 9.98. The van der Waals surface area contributed by atoms with Crippen molar-refractivity contribution in [2.24, 2.45) is 5.92 Å². The molecule has 19 heavy (non-hydrogen) atoms. The number of fused-ring (bicyclic) bond motifs is 1. The van der Waals surface area contributed by atoms with Crippen molar-refractivity contribution < 1.29 is 10.2 Å². The van der Waals surface area contributed by atoms with E-state index in [2.05, 4.69) is 24.9 Å². The zero-order chi connectivity index (χ0) is 13.8. The molecule has 104 valence electrons. The predicted octanol–water partition coefficient (Wildman–Crippen LogP) is 2.87. The van der Waals surface area contributed by atoms with Crippen LogP contribution >= 0.6 is 0 Å². The Morgan fingerprint density at radius 3 is 2.58 bits per heavy atom. The van der Waals surface area contributed by atoms with Gasteiger partial charge in [0.2, 0.25) is 0 Å². The zero-order valence-corrected chi connectivity index (χ0v) is 11.6. The molecule has 2 atom stereocenters. The van der Waals surface area contributed by atoms with Gasteiger partial charge in [-0.05, 0) is 36.8 Å². The van der Waals surface area contributed by atoms with Gasteiger partial charge < -0.3 is 15.2 Å². The zero-order valence-electron chi connectivity index (χ0n) is 11.6. The number of H-pyrrole nitrogens is 1. The lowest BCUT2D eigenvalue weighted by Gasteiger charge is -2.19. The molecule has 0 radical (unpaired) electrons. The predicted molar refractivity (Wildman–Crippen MR) is 78.1 cm³/mol. The third-order valence-corrected chi connectivity index (χ3v) is 3.54. The number of rotatable bonds is 6. The van der Waals surface area contributed by atoms with Gasteiger partial charge in [0.25, 0.3) is 0 Å². The van der Waals surface area contributed by atoms with Crippen molar-refractivity contribution in [3.8, 4) is 0 Å². The number of nitrogens with one attached hydrogen (secondary N) is 1. The molecular weight excluding hydrogens is 238 g/mol. The molecule has 0 saturated carbocycles. The van der Waals surface area contributed by atoms with Crippen LogP contribution in [0.2, 0.25) is 0 Å². The number of para-hydroxylation sites is 1. The summed E-state index contributed by atoms with van der Waals surface area (Å²) in [5, 5.41) is 21.1. The van der Waals surface area contributed by atoms with Crippen LogP contribution in [0.5, 0.6) is 0 Å². The largest absolute Gasteiger partial charge is 0.390 e. The van der Waals surface area contributed by atoms with Crippen LogP contribution in [0.4, 0.5) is 0 Å². The SMILES string of the molecule is CC(C)CC(O)C(O)CCc1c[nH]c2ccccc12. The van der Waals surface area contributed by atoms with Crippen molar-refractivity contribution in [2.45, 2.75) is 45.3 Å². The average molecular weight is 261 g/mol. The van der Waals surface area contributed by atoms with Crippen LogP contribution in [0, 0.1) is 5.92 Å². The van der Waals surface area contributed by atoms with Gasteiger partial charge in [-0.3, -0.25) is 0 Å². The highest BCUT2D eigenvalue weighted by Gasteiger charge is 2.17. The molecule has 0 aliphatic rings. The fraction of sp³-hybridized carbons (Fsp3) is 0.500. The summed E-state index contributed by atoms with van der Waals surface area (Å²) in [6.07, 6.45) is 2.75. The summed E-state index contributed by atoms with van der Waals surface area (Å²) in [5.74, 6) is 0.401. The van der Waals surface area contributed by atoms with E-state index in [0.29, 0.717) is 18.8 Å². The van der Waals surface area contributed by atoms with Crippen LogP contribution in [0.15, 0.2) is 30.5 Å². The first-order valence-electron chi connectivity index (χ1n) is 6.99. The molecule has 0 amide bonds. The maximum Gasteiger partial charge on any atom is 0.0802 e. The third kappa shape index (κ3) is 3.58. The summed E-state index contributed by atoms with van der Waals surface area (Å²) in [5.41, 5.74) is 2.32. The Labute approximate surface area is 114 Å². The Balaban J connectivity index is 1.95. The Morgan fingerprint density at radius 2 is 1.84 bits per heavy atom. The Hall–Kier alpha value is -1.32. The highest BCUT2D eigenvalue weighted by molar-refractivity contribution is 5.82. The summed E-state index contributed by atoms with van der Waals surface area (Å²) in [4.78, 5) is 3.23. The van der Waals surface area contributed by atoms with Crippen molar-refractivity contribution in [3.05, 3.63) is 36.0 Å². The van der Waals surface area contributed by atoms with Crippen LogP contribution in [0.3, 0.4) is 0 Å². The van der Waals surface area contributed by atoms with Crippen molar-refractivity contribution in [2.75, 3.05) is 0 Å². The Kier molecular flexibility index (Phi) is 4.61. The first kappa shape index (κ1) is 14.1. The van der Waals surface area contributed by atoms with Crippen LogP contribution in [-0.4, -0.2) is 27.4 Å². The number of aryl methyl sites for hydroxylation is 1. The molecule has 1 aromatic carbocycles. The molecule has 3 nitrogen and oxygen atoms in total. The Bertz CT molecular complexity index is 518. The fourth-order valence-corrected chi connectivity index (χ4v) is 2.47. The lowest BCUT2D eigenvalue weighted by molar-refractivity contribution is 0.00340. The van der Waals surface area contributed by atoms with Crippen molar-refractivity contribution >= 4 is 10.9 Å². The number of aliphatic hydroxyl groups excluding tert-OH is 2. The summed E-state index contributed by atoms with van der Waals surface area (Å²) < 4.78 is 0. The minimum atomic E-state index is -0.643. The summed E-state index contributed by atoms with van der Waals surface area (Å²) >= 11 is 0. The molecule has 0 aliphatic heterocycles. The lowest BCUT2D eigenvalue weighted by Crippen LogP contribution is -2.27. The topological polar surface area (TPSA) is 56.2 Å². The second kappa shape index (κ2) is 6.22. The fourth-order valence-electron chi connectivity index (χ4n) is 2.47. The van der Waals surface area contributed by atoms with Gasteiger partial charge in [0.15, 0.2) is 0 Å². The second-order valence-electron chi connectivity index (χ2n) is 5.66. The first-order valence-corrected chi connectivity index (χ1v) is 6.99. The number of hydrogen-bond acceptors (Lipinski definition) is 2. The number of hydrogen-bond donors (Lipinski definition) is 3. The lowest BCUT2D eigenvalue weighted by atomic mass is 9.97. The maximum absolute atomic E-state index is 9.98.